The molecule has 4 rings (SSSR count). The smallest absolute Gasteiger partial charge is 0.354 e. The number of aromatic amines is 1. The van der Waals surface area contributed by atoms with Crippen LogP contribution >= 0.6 is 0 Å². The Kier molecular flexibility index (Phi) is 6.86. The first-order valence-corrected chi connectivity index (χ1v) is 11.7. The number of fused-ring (bicyclic) bond motifs is 1. The molecule has 7 nitrogen and oxygen atoms in total. The van der Waals surface area contributed by atoms with E-state index in [0.29, 0.717) is 17.9 Å². The lowest BCUT2D eigenvalue weighted by atomic mass is 9.81. The van der Waals surface area contributed by atoms with Crippen molar-refractivity contribution >= 4 is 16.8 Å². The fourth-order valence-corrected chi connectivity index (χ4v) is 4.93. The molecule has 1 aliphatic rings. The summed E-state index contributed by atoms with van der Waals surface area (Å²) in [5.41, 5.74) is 0.500. The van der Waals surface area contributed by atoms with Gasteiger partial charge < -0.3 is 10.2 Å². The molecule has 0 aliphatic heterocycles. The predicted molar refractivity (Wildman–Crippen MR) is 127 cm³/mol. The molecule has 1 saturated carbocycles. The van der Waals surface area contributed by atoms with Gasteiger partial charge in [-0.25, -0.2) is 9.97 Å². The number of rotatable bonds is 9. The summed E-state index contributed by atoms with van der Waals surface area (Å²) in [6.07, 6.45) is -0.0318. The Hall–Kier alpha value is -3.01. The molecule has 0 spiro atoms. The summed E-state index contributed by atoms with van der Waals surface area (Å²) >= 11 is 0. The minimum Gasteiger partial charge on any atom is -0.354 e. The van der Waals surface area contributed by atoms with E-state index in [2.05, 4.69) is 38.5 Å². The Morgan fingerprint density at radius 2 is 1.86 bits per heavy atom. The largest absolute Gasteiger partial charge is 0.395 e. The Bertz CT molecular complexity index is 1170. The van der Waals surface area contributed by atoms with Crippen LogP contribution in [0.4, 0.5) is 13.2 Å². The molecule has 0 bridgehead atoms. The zero-order valence-electron chi connectivity index (χ0n) is 20.4. The fraction of sp³-hybridized carbons (Fsp3) is 0.520. The van der Waals surface area contributed by atoms with Crippen LogP contribution in [0.5, 0.6) is 0 Å². The van der Waals surface area contributed by atoms with E-state index in [1.54, 1.807) is 13.1 Å². The van der Waals surface area contributed by atoms with Gasteiger partial charge in [-0.05, 0) is 63.0 Å². The maximum Gasteiger partial charge on any atom is 0.395 e. The Balaban J connectivity index is 1.48. The van der Waals surface area contributed by atoms with Crippen molar-refractivity contribution in [3.63, 3.8) is 0 Å². The quantitative estimate of drug-likeness (QED) is 0.468. The number of hydrogen-bond acceptors (Lipinski definition) is 5. The standard InChI is InChI=1S/C25H31F3N6O/c1-15(17-5-6-21-18(9-17)13-32-33-21)22(34(3)4)14-31-23(35)10-20(19-11-29-16(2)30-12-19)24(7-8-24)25(26,27)28/h5-6,9,11-13,15,20,22H,7-8,10,14H2,1-4H3,(H,31,35)(H,32,33)/t15?,20?,22-/m1/s1. The van der Waals surface area contributed by atoms with E-state index in [1.165, 1.54) is 12.4 Å². The predicted octanol–water partition coefficient (Wildman–Crippen LogP) is 4.33. The zero-order chi connectivity index (χ0) is 25.4. The molecule has 0 saturated heterocycles. The van der Waals surface area contributed by atoms with Crippen molar-refractivity contribution in [3.05, 3.63) is 53.7 Å². The van der Waals surface area contributed by atoms with Crippen molar-refractivity contribution in [2.45, 2.75) is 57.2 Å². The van der Waals surface area contributed by atoms with Crippen molar-refractivity contribution in [1.29, 1.82) is 0 Å². The van der Waals surface area contributed by atoms with Crippen LogP contribution in [0.25, 0.3) is 10.9 Å². The van der Waals surface area contributed by atoms with E-state index >= 15 is 0 Å². The summed E-state index contributed by atoms with van der Waals surface area (Å²) < 4.78 is 41.9. The lowest BCUT2D eigenvalue weighted by Crippen LogP contribution is -2.44. The number of halogens is 3. The van der Waals surface area contributed by atoms with Crippen LogP contribution in [0, 0.1) is 12.3 Å². The van der Waals surface area contributed by atoms with Gasteiger partial charge in [-0.1, -0.05) is 13.0 Å². The number of carbonyl (C=O) groups is 1. The minimum absolute atomic E-state index is 0.0101. The maximum absolute atomic E-state index is 14.0. The van der Waals surface area contributed by atoms with Gasteiger partial charge in [0, 0.05) is 42.7 Å². The first kappa shape index (κ1) is 25.1. The zero-order valence-corrected chi connectivity index (χ0v) is 20.4. The molecule has 3 aromatic rings. The molecule has 1 fully saturated rings. The van der Waals surface area contributed by atoms with Crippen LogP contribution < -0.4 is 5.32 Å². The van der Waals surface area contributed by atoms with Crippen LogP contribution in [0.2, 0.25) is 0 Å². The molecule has 3 atom stereocenters. The number of H-pyrrole nitrogens is 1. The Morgan fingerprint density at radius 1 is 1.17 bits per heavy atom. The van der Waals surface area contributed by atoms with E-state index in [1.807, 2.05) is 31.1 Å². The van der Waals surface area contributed by atoms with Crippen LogP contribution in [-0.2, 0) is 4.79 Å². The number of aromatic nitrogens is 4. The van der Waals surface area contributed by atoms with Gasteiger partial charge in [0.05, 0.1) is 17.1 Å². The Morgan fingerprint density at radius 3 is 2.46 bits per heavy atom. The topological polar surface area (TPSA) is 86.8 Å². The van der Waals surface area contributed by atoms with Gasteiger partial charge in [-0.2, -0.15) is 18.3 Å². The number of aryl methyl sites for hydroxylation is 1. The molecule has 10 heteroatoms. The molecular formula is C25H31F3N6O. The summed E-state index contributed by atoms with van der Waals surface area (Å²) in [5.74, 6) is -0.877. The third-order valence-electron chi connectivity index (χ3n) is 7.35. The van der Waals surface area contributed by atoms with Crippen molar-refractivity contribution in [2.24, 2.45) is 5.41 Å². The van der Waals surface area contributed by atoms with Crippen molar-refractivity contribution in [2.75, 3.05) is 20.6 Å². The number of nitrogens with zero attached hydrogens (tertiary/aromatic N) is 4. The van der Waals surface area contributed by atoms with Crippen molar-refractivity contribution < 1.29 is 18.0 Å². The monoisotopic (exact) mass is 488 g/mol. The molecule has 1 amide bonds. The molecule has 2 N–H and O–H groups in total. The van der Waals surface area contributed by atoms with Crippen molar-refractivity contribution in [1.82, 2.24) is 30.4 Å². The van der Waals surface area contributed by atoms with Gasteiger partial charge in [-0.3, -0.25) is 9.89 Å². The number of nitrogens with one attached hydrogen (secondary N) is 2. The number of carbonyl (C=O) groups excluding carboxylic acids is 1. The third-order valence-corrected chi connectivity index (χ3v) is 7.35. The molecular weight excluding hydrogens is 457 g/mol. The van der Waals surface area contributed by atoms with Gasteiger partial charge in [-0.15, -0.1) is 0 Å². The molecule has 35 heavy (non-hydrogen) atoms. The van der Waals surface area contributed by atoms with Crippen LogP contribution in [-0.4, -0.2) is 63.8 Å². The average molecular weight is 489 g/mol. The SMILES string of the molecule is Cc1ncc(C(CC(=O)NC[C@H](C(C)c2ccc3[nH]ncc3c2)N(C)C)C2(C(F)(F)F)CC2)cn1. The van der Waals surface area contributed by atoms with Crippen molar-refractivity contribution in [3.8, 4) is 0 Å². The van der Waals surface area contributed by atoms with Gasteiger partial charge in [0.1, 0.15) is 5.82 Å². The number of hydrogen-bond donors (Lipinski definition) is 2. The number of alkyl halides is 3. The minimum atomic E-state index is -4.39. The van der Waals surface area contributed by atoms with Gasteiger partial charge in [0.25, 0.3) is 0 Å². The van der Waals surface area contributed by atoms with E-state index in [4.69, 9.17) is 0 Å². The average Bonchev–Trinajstić information content (AvgIpc) is 3.49. The third kappa shape index (κ3) is 5.17. The van der Waals surface area contributed by atoms with E-state index in [-0.39, 0.29) is 31.2 Å². The molecule has 2 aromatic heterocycles. The molecule has 188 valence electrons. The highest BCUT2D eigenvalue weighted by atomic mass is 19.4. The van der Waals surface area contributed by atoms with Gasteiger partial charge >= 0.3 is 6.18 Å². The van der Waals surface area contributed by atoms with Crippen LogP contribution in [0.3, 0.4) is 0 Å². The summed E-state index contributed by atoms with van der Waals surface area (Å²) in [7, 11) is 3.86. The van der Waals surface area contributed by atoms with E-state index < -0.39 is 23.4 Å². The molecule has 2 heterocycles. The number of benzene rings is 1. The fourth-order valence-electron chi connectivity index (χ4n) is 4.93. The number of likely N-dealkylation sites (N-methyl/N-ethyl adjacent to an activating group) is 1. The lowest BCUT2D eigenvalue weighted by Gasteiger charge is -2.32. The van der Waals surface area contributed by atoms with E-state index in [0.717, 1.165) is 16.5 Å². The first-order valence-electron chi connectivity index (χ1n) is 11.7. The van der Waals surface area contributed by atoms with Gasteiger partial charge in [0.2, 0.25) is 5.91 Å². The van der Waals surface area contributed by atoms with E-state index in [9.17, 15) is 18.0 Å². The van der Waals surface area contributed by atoms with Gasteiger partial charge in [0.15, 0.2) is 0 Å². The summed E-state index contributed by atoms with van der Waals surface area (Å²) in [6.45, 7) is 4.06. The molecule has 1 aromatic carbocycles. The Labute approximate surface area is 202 Å². The normalized spacial score (nSPS) is 17.8. The lowest BCUT2D eigenvalue weighted by molar-refractivity contribution is -0.194. The maximum atomic E-state index is 14.0. The second kappa shape index (κ2) is 9.56. The summed E-state index contributed by atoms with van der Waals surface area (Å²) in [5, 5.41) is 10.9. The second-order valence-corrected chi connectivity index (χ2v) is 9.81. The van der Waals surface area contributed by atoms with Crippen LogP contribution in [0.1, 0.15) is 55.0 Å². The highest BCUT2D eigenvalue weighted by molar-refractivity contribution is 5.79. The second-order valence-electron chi connectivity index (χ2n) is 9.81. The first-order chi connectivity index (χ1) is 16.5. The highest BCUT2D eigenvalue weighted by Gasteiger charge is 2.67. The number of amides is 1. The molecule has 0 radical (unpaired) electrons. The summed E-state index contributed by atoms with van der Waals surface area (Å²) in [4.78, 5) is 23.2. The highest BCUT2D eigenvalue weighted by Crippen LogP contribution is 2.66. The molecule has 2 unspecified atom stereocenters. The molecule has 1 aliphatic carbocycles. The van der Waals surface area contributed by atoms with Crippen LogP contribution in [0.15, 0.2) is 36.8 Å². The summed E-state index contributed by atoms with van der Waals surface area (Å²) in [6, 6.07) is 6.01.